The summed E-state index contributed by atoms with van der Waals surface area (Å²) >= 11 is 6.03. The SMILES string of the molecule is COc1ccc(CNCC(=O)NC(C)(C)C)cc1Cl. The standard InChI is InChI=1S/C14H21ClN2O2/c1-14(2,3)17-13(18)9-16-8-10-5-6-12(19-4)11(15)7-10/h5-7,16H,8-9H2,1-4H3,(H,17,18). The highest BCUT2D eigenvalue weighted by Gasteiger charge is 2.12. The van der Waals surface area contributed by atoms with Crippen LogP contribution in [-0.2, 0) is 11.3 Å². The summed E-state index contributed by atoms with van der Waals surface area (Å²) in [5, 5.41) is 6.54. The van der Waals surface area contributed by atoms with Crippen LogP contribution in [0.2, 0.25) is 5.02 Å². The molecule has 0 radical (unpaired) electrons. The van der Waals surface area contributed by atoms with Crippen LogP contribution in [0.5, 0.6) is 5.75 Å². The maximum Gasteiger partial charge on any atom is 0.234 e. The van der Waals surface area contributed by atoms with Crippen molar-refractivity contribution in [2.24, 2.45) is 0 Å². The number of hydrogen-bond donors (Lipinski definition) is 2. The van der Waals surface area contributed by atoms with Crippen LogP contribution in [-0.4, -0.2) is 25.1 Å². The van der Waals surface area contributed by atoms with Crippen LogP contribution in [0.25, 0.3) is 0 Å². The lowest BCUT2D eigenvalue weighted by Gasteiger charge is -2.20. The van der Waals surface area contributed by atoms with Crippen LogP contribution >= 0.6 is 11.6 Å². The molecule has 0 saturated carbocycles. The molecule has 19 heavy (non-hydrogen) atoms. The Labute approximate surface area is 119 Å². The van der Waals surface area contributed by atoms with Crippen LogP contribution < -0.4 is 15.4 Å². The maximum absolute atomic E-state index is 11.6. The quantitative estimate of drug-likeness (QED) is 0.873. The van der Waals surface area contributed by atoms with Crippen molar-refractivity contribution >= 4 is 17.5 Å². The minimum absolute atomic E-state index is 0.0212. The molecule has 0 spiro atoms. The Morgan fingerprint density at radius 1 is 1.37 bits per heavy atom. The molecule has 0 fully saturated rings. The van der Waals surface area contributed by atoms with E-state index in [2.05, 4.69) is 10.6 Å². The van der Waals surface area contributed by atoms with E-state index in [4.69, 9.17) is 16.3 Å². The first-order chi connectivity index (χ1) is 8.81. The third-order valence-corrected chi connectivity index (χ3v) is 2.64. The highest BCUT2D eigenvalue weighted by Crippen LogP contribution is 2.24. The van der Waals surface area contributed by atoms with Crippen LogP contribution in [0, 0.1) is 0 Å². The molecule has 1 amide bonds. The molecule has 0 aliphatic carbocycles. The van der Waals surface area contributed by atoms with Crippen molar-refractivity contribution in [3.8, 4) is 5.75 Å². The van der Waals surface area contributed by atoms with Gasteiger partial charge in [-0.2, -0.15) is 0 Å². The molecule has 0 atom stereocenters. The summed E-state index contributed by atoms with van der Waals surface area (Å²) in [6.45, 7) is 6.72. The van der Waals surface area contributed by atoms with Crippen LogP contribution in [0.15, 0.2) is 18.2 Å². The van der Waals surface area contributed by atoms with Crippen molar-refractivity contribution in [2.45, 2.75) is 32.9 Å². The van der Waals surface area contributed by atoms with Gasteiger partial charge in [0.2, 0.25) is 5.91 Å². The molecular formula is C14H21ClN2O2. The van der Waals surface area contributed by atoms with E-state index in [1.54, 1.807) is 7.11 Å². The largest absolute Gasteiger partial charge is 0.495 e. The minimum atomic E-state index is -0.206. The van der Waals surface area contributed by atoms with E-state index >= 15 is 0 Å². The first-order valence-corrected chi connectivity index (χ1v) is 6.54. The van der Waals surface area contributed by atoms with E-state index in [1.165, 1.54) is 0 Å². The number of ether oxygens (including phenoxy) is 1. The molecule has 0 unspecified atom stereocenters. The molecule has 0 saturated heterocycles. The lowest BCUT2D eigenvalue weighted by molar-refractivity contribution is -0.121. The number of nitrogens with one attached hydrogen (secondary N) is 2. The lowest BCUT2D eigenvalue weighted by Crippen LogP contribution is -2.44. The second-order valence-corrected chi connectivity index (χ2v) is 5.78. The van der Waals surface area contributed by atoms with Crippen molar-refractivity contribution in [1.29, 1.82) is 0 Å². The molecule has 5 heteroatoms. The minimum Gasteiger partial charge on any atom is -0.495 e. The summed E-state index contributed by atoms with van der Waals surface area (Å²) in [4.78, 5) is 11.6. The predicted molar refractivity (Wildman–Crippen MR) is 77.6 cm³/mol. The summed E-state index contributed by atoms with van der Waals surface area (Å²) < 4.78 is 5.08. The Bertz CT molecular complexity index is 442. The smallest absolute Gasteiger partial charge is 0.234 e. The molecule has 4 nitrogen and oxygen atoms in total. The molecule has 0 aliphatic rings. The van der Waals surface area contributed by atoms with Crippen LogP contribution in [0.4, 0.5) is 0 Å². The van der Waals surface area contributed by atoms with Crippen molar-refractivity contribution < 1.29 is 9.53 Å². The zero-order valence-electron chi connectivity index (χ0n) is 11.8. The highest BCUT2D eigenvalue weighted by atomic mass is 35.5. The Morgan fingerprint density at radius 2 is 2.05 bits per heavy atom. The summed E-state index contributed by atoms with van der Waals surface area (Å²) in [6.07, 6.45) is 0. The Kier molecular flexibility index (Phi) is 5.63. The summed E-state index contributed by atoms with van der Waals surface area (Å²) in [5.41, 5.74) is 0.802. The second-order valence-electron chi connectivity index (χ2n) is 5.37. The van der Waals surface area contributed by atoms with Gasteiger partial charge >= 0.3 is 0 Å². The average Bonchev–Trinajstić information content (AvgIpc) is 2.26. The molecule has 1 aromatic carbocycles. The van der Waals surface area contributed by atoms with Gasteiger partial charge < -0.3 is 15.4 Å². The molecule has 0 bridgehead atoms. The molecule has 0 aromatic heterocycles. The zero-order chi connectivity index (χ0) is 14.5. The van der Waals surface area contributed by atoms with Gasteiger partial charge in [0, 0.05) is 12.1 Å². The predicted octanol–water partition coefficient (Wildman–Crippen LogP) is 2.35. The molecule has 1 aromatic rings. The molecule has 106 valence electrons. The van der Waals surface area contributed by atoms with Gasteiger partial charge in [0.25, 0.3) is 0 Å². The Balaban J connectivity index is 2.41. The molecule has 0 heterocycles. The van der Waals surface area contributed by atoms with Crippen molar-refractivity contribution in [3.63, 3.8) is 0 Å². The van der Waals surface area contributed by atoms with Crippen molar-refractivity contribution in [2.75, 3.05) is 13.7 Å². The van der Waals surface area contributed by atoms with E-state index in [9.17, 15) is 4.79 Å². The highest BCUT2D eigenvalue weighted by molar-refractivity contribution is 6.32. The van der Waals surface area contributed by atoms with E-state index in [-0.39, 0.29) is 18.0 Å². The first-order valence-electron chi connectivity index (χ1n) is 6.16. The van der Waals surface area contributed by atoms with Gasteiger partial charge in [0.05, 0.1) is 18.7 Å². The number of rotatable bonds is 5. The Morgan fingerprint density at radius 3 is 2.58 bits per heavy atom. The van der Waals surface area contributed by atoms with Gasteiger partial charge in [-0.3, -0.25) is 4.79 Å². The number of benzene rings is 1. The van der Waals surface area contributed by atoms with Crippen molar-refractivity contribution in [1.82, 2.24) is 10.6 Å². The van der Waals surface area contributed by atoms with E-state index in [0.717, 1.165) is 5.56 Å². The van der Waals surface area contributed by atoms with E-state index in [1.807, 2.05) is 39.0 Å². The summed E-state index contributed by atoms with van der Waals surface area (Å²) in [5.74, 6) is 0.628. The topological polar surface area (TPSA) is 50.4 Å². The lowest BCUT2D eigenvalue weighted by atomic mass is 10.1. The number of amides is 1. The zero-order valence-corrected chi connectivity index (χ0v) is 12.6. The number of hydrogen-bond acceptors (Lipinski definition) is 3. The molecular weight excluding hydrogens is 264 g/mol. The van der Waals surface area contributed by atoms with Gasteiger partial charge in [-0.15, -0.1) is 0 Å². The summed E-state index contributed by atoms with van der Waals surface area (Å²) in [6, 6.07) is 5.56. The normalized spacial score (nSPS) is 11.2. The van der Waals surface area contributed by atoms with Gasteiger partial charge in [0.1, 0.15) is 5.75 Å². The summed E-state index contributed by atoms with van der Waals surface area (Å²) in [7, 11) is 1.58. The third kappa shape index (κ3) is 5.94. The fourth-order valence-corrected chi connectivity index (χ4v) is 1.88. The van der Waals surface area contributed by atoms with E-state index < -0.39 is 0 Å². The number of methoxy groups -OCH3 is 1. The Hall–Kier alpha value is -1.26. The second kappa shape index (κ2) is 6.78. The van der Waals surface area contributed by atoms with Gasteiger partial charge in [0.15, 0.2) is 0 Å². The monoisotopic (exact) mass is 284 g/mol. The molecule has 1 rings (SSSR count). The van der Waals surface area contributed by atoms with Crippen molar-refractivity contribution in [3.05, 3.63) is 28.8 Å². The van der Waals surface area contributed by atoms with Crippen LogP contribution in [0.1, 0.15) is 26.3 Å². The fourth-order valence-electron chi connectivity index (χ4n) is 1.60. The number of halogens is 1. The van der Waals surface area contributed by atoms with E-state index in [0.29, 0.717) is 17.3 Å². The van der Waals surface area contributed by atoms with Gasteiger partial charge in [-0.05, 0) is 38.5 Å². The van der Waals surface area contributed by atoms with Gasteiger partial charge in [-0.25, -0.2) is 0 Å². The van der Waals surface area contributed by atoms with Crippen LogP contribution in [0.3, 0.4) is 0 Å². The first kappa shape index (κ1) is 15.8. The molecule has 2 N–H and O–H groups in total. The number of carbonyl (C=O) groups excluding carboxylic acids is 1. The molecule has 0 aliphatic heterocycles. The van der Waals surface area contributed by atoms with Gasteiger partial charge in [-0.1, -0.05) is 17.7 Å². The fraction of sp³-hybridized carbons (Fsp3) is 0.500. The number of carbonyl (C=O) groups is 1. The average molecular weight is 285 g/mol. The third-order valence-electron chi connectivity index (χ3n) is 2.35. The maximum atomic E-state index is 11.6.